The van der Waals surface area contributed by atoms with E-state index in [1.807, 2.05) is 0 Å². The van der Waals surface area contributed by atoms with E-state index in [0.29, 0.717) is 44.7 Å². The van der Waals surface area contributed by atoms with Crippen LogP contribution in [0.5, 0.6) is 0 Å². The van der Waals surface area contributed by atoms with Crippen LogP contribution in [0.2, 0.25) is 0 Å². The maximum Gasteiger partial charge on any atom is 0.410 e. The van der Waals surface area contributed by atoms with E-state index in [2.05, 4.69) is 15.7 Å². The lowest BCUT2D eigenvalue weighted by Crippen LogP contribution is -2.62. The fourth-order valence-electron chi connectivity index (χ4n) is 5.53. The Kier molecular flexibility index (Phi) is 6.67. The number of nitrogens with one attached hydrogen (secondary N) is 2. The van der Waals surface area contributed by atoms with Gasteiger partial charge in [0.2, 0.25) is 5.91 Å². The number of ether oxygens (including phenoxy) is 1. The van der Waals surface area contributed by atoms with Crippen LogP contribution >= 0.6 is 0 Å². The lowest BCUT2D eigenvalue weighted by Gasteiger charge is -2.41. The van der Waals surface area contributed by atoms with Crippen LogP contribution in [0.25, 0.3) is 0 Å². The van der Waals surface area contributed by atoms with Crippen LogP contribution in [0.15, 0.2) is 36.5 Å². The number of aromatic nitrogens is 2. The van der Waals surface area contributed by atoms with Crippen molar-refractivity contribution in [3.05, 3.63) is 47.7 Å². The first-order valence-electron chi connectivity index (χ1n) is 12.4. The zero-order valence-corrected chi connectivity index (χ0v) is 19.9. The van der Waals surface area contributed by atoms with Crippen molar-refractivity contribution in [3.8, 4) is 0 Å². The molecule has 5 rings (SSSR count). The second kappa shape index (κ2) is 9.76. The Hall–Kier alpha value is -3.08. The van der Waals surface area contributed by atoms with Gasteiger partial charge in [-0.25, -0.2) is 4.68 Å². The molecule has 0 unspecified atom stereocenters. The molecular formula is C25H30F3N5O3. The highest BCUT2D eigenvalue weighted by atomic mass is 19.4. The number of nitrogens with zero attached hydrogens (tertiary/aromatic N) is 3. The largest absolute Gasteiger partial charge is 0.410 e. The molecule has 0 bridgehead atoms. The number of anilines is 1. The van der Waals surface area contributed by atoms with Gasteiger partial charge < -0.3 is 20.3 Å². The predicted molar refractivity (Wildman–Crippen MR) is 125 cm³/mol. The van der Waals surface area contributed by atoms with Gasteiger partial charge in [-0.15, -0.1) is 0 Å². The van der Waals surface area contributed by atoms with E-state index in [0.717, 1.165) is 23.9 Å². The van der Waals surface area contributed by atoms with Gasteiger partial charge in [0, 0.05) is 19.5 Å². The Bertz CT molecular complexity index is 1090. The number of carbonyl (C=O) groups is 2. The number of morpholine rings is 1. The Morgan fingerprint density at radius 3 is 2.44 bits per heavy atom. The molecule has 36 heavy (non-hydrogen) atoms. The summed E-state index contributed by atoms with van der Waals surface area (Å²) in [7, 11) is 0. The molecule has 3 aliphatic rings. The molecule has 0 radical (unpaired) electrons. The number of halogens is 3. The molecule has 1 aliphatic carbocycles. The first kappa shape index (κ1) is 24.6. The van der Waals surface area contributed by atoms with Gasteiger partial charge in [0.25, 0.3) is 5.91 Å². The average Bonchev–Trinajstić information content (AvgIpc) is 3.33. The van der Waals surface area contributed by atoms with Crippen LogP contribution in [0.1, 0.15) is 66.5 Å². The van der Waals surface area contributed by atoms with Gasteiger partial charge in [0.05, 0.1) is 25.5 Å². The van der Waals surface area contributed by atoms with Gasteiger partial charge in [-0.05, 0) is 18.4 Å². The normalized spacial score (nSPS) is 23.9. The summed E-state index contributed by atoms with van der Waals surface area (Å²) in [4.78, 5) is 28.8. The molecule has 2 fully saturated rings. The minimum atomic E-state index is -4.54. The Balaban J connectivity index is 1.45. The first-order chi connectivity index (χ1) is 17.3. The smallest absolute Gasteiger partial charge is 0.378 e. The van der Waals surface area contributed by atoms with Gasteiger partial charge in [0.1, 0.15) is 16.9 Å². The summed E-state index contributed by atoms with van der Waals surface area (Å²) in [5, 5.41) is 10.0. The van der Waals surface area contributed by atoms with Gasteiger partial charge >= 0.3 is 6.18 Å². The summed E-state index contributed by atoms with van der Waals surface area (Å²) in [6.45, 7) is 1.78. The minimum absolute atomic E-state index is 0.00427. The molecular weight excluding hydrogens is 475 g/mol. The summed E-state index contributed by atoms with van der Waals surface area (Å²) in [6, 6.07) is 6.33. The number of carbonyl (C=O) groups excluding carboxylic acids is 2. The fourth-order valence-corrected chi connectivity index (χ4v) is 5.53. The van der Waals surface area contributed by atoms with Gasteiger partial charge in [0.15, 0.2) is 6.04 Å². The third kappa shape index (κ3) is 4.68. The molecule has 8 nitrogen and oxygen atoms in total. The lowest BCUT2D eigenvalue weighted by molar-refractivity contribution is -0.173. The molecule has 1 saturated carbocycles. The second-order valence-electron chi connectivity index (χ2n) is 9.75. The van der Waals surface area contributed by atoms with Gasteiger partial charge in [-0.2, -0.15) is 18.3 Å². The molecule has 194 valence electrons. The summed E-state index contributed by atoms with van der Waals surface area (Å²) >= 11 is 0. The Morgan fingerprint density at radius 2 is 1.78 bits per heavy atom. The summed E-state index contributed by atoms with van der Waals surface area (Å²) in [5.74, 6) is -0.732. The highest BCUT2D eigenvalue weighted by molar-refractivity contribution is 6.02. The maximum atomic E-state index is 14.0. The molecule has 2 atom stereocenters. The van der Waals surface area contributed by atoms with Crippen LogP contribution < -0.4 is 10.6 Å². The second-order valence-corrected chi connectivity index (χ2v) is 9.75. The van der Waals surface area contributed by atoms with Crippen molar-refractivity contribution in [2.45, 2.75) is 62.3 Å². The first-order valence-corrected chi connectivity index (χ1v) is 12.4. The van der Waals surface area contributed by atoms with E-state index in [-0.39, 0.29) is 23.7 Å². The van der Waals surface area contributed by atoms with E-state index >= 15 is 0 Å². The zero-order valence-electron chi connectivity index (χ0n) is 19.9. The molecule has 1 aromatic carbocycles. The molecule has 1 aromatic heterocycles. The number of benzene rings is 1. The van der Waals surface area contributed by atoms with Crippen molar-refractivity contribution in [2.75, 3.05) is 31.6 Å². The Labute approximate surface area is 207 Å². The van der Waals surface area contributed by atoms with Gasteiger partial charge in [-0.1, -0.05) is 49.6 Å². The van der Waals surface area contributed by atoms with E-state index in [1.54, 1.807) is 35.2 Å². The number of rotatable bonds is 4. The van der Waals surface area contributed by atoms with Crippen molar-refractivity contribution >= 4 is 17.6 Å². The molecule has 0 spiro atoms. The third-order valence-electron chi connectivity index (χ3n) is 7.45. The summed E-state index contributed by atoms with van der Waals surface area (Å²) in [5.41, 5.74) is -0.389. The van der Waals surface area contributed by atoms with Gasteiger partial charge in [-0.3, -0.25) is 9.59 Å². The molecule has 2 N–H and O–H groups in total. The monoisotopic (exact) mass is 505 g/mol. The van der Waals surface area contributed by atoms with Crippen LogP contribution in [0, 0.1) is 0 Å². The lowest BCUT2D eigenvalue weighted by atomic mass is 9.80. The number of hydrogen-bond donors (Lipinski definition) is 2. The van der Waals surface area contributed by atoms with Crippen molar-refractivity contribution in [1.82, 2.24) is 20.0 Å². The number of fused-ring (bicyclic) bond motifs is 1. The number of amides is 2. The highest BCUT2D eigenvalue weighted by Gasteiger charge is 2.48. The zero-order chi connectivity index (χ0) is 25.3. The van der Waals surface area contributed by atoms with Crippen LogP contribution in [0.4, 0.5) is 19.0 Å². The van der Waals surface area contributed by atoms with Crippen molar-refractivity contribution in [1.29, 1.82) is 0 Å². The fraction of sp³-hybridized carbons (Fsp3) is 0.560. The number of hydrogen-bond acceptors (Lipinski definition) is 5. The number of alkyl halides is 3. The van der Waals surface area contributed by atoms with E-state index < -0.39 is 29.7 Å². The van der Waals surface area contributed by atoms with Crippen LogP contribution in [0.3, 0.4) is 0 Å². The summed E-state index contributed by atoms with van der Waals surface area (Å²) in [6.07, 6.45) is -0.110. The molecule has 2 aliphatic heterocycles. The predicted octanol–water partition coefficient (Wildman–Crippen LogP) is 3.83. The van der Waals surface area contributed by atoms with Crippen LogP contribution in [-0.4, -0.2) is 64.5 Å². The molecule has 3 heterocycles. The minimum Gasteiger partial charge on any atom is -0.378 e. The molecule has 2 amide bonds. The highest BCUT2D eigenvalue weighted by Crippen LogP contribution is 2.44. The summed E-state index contributed by atoms with van der Waals surface area (Å²) < 4.78 is 48.3. The van der Waals surface area contributed by atoms with E-state index in [9.17, 15) is 22.8 Å². The quantitative estimate of drug-likeness (QED) is 0.660. The topological polar surface area (TPSA) is 88.5 Å². The van der Waals surface area contributed by atoms with E-state index in [4.69, 9.17) is 4.74 Å². The van der Waals surface area contributed by atoms with Crippen LogP contribution in [-0.2, 0) is 9.53 Å². The maximum absolute atomic E-state index is 14.0. The van der Waals surface area contributed by atoms with Crippen molar-refractivity contribution in [3.63, 3.8) is 0 Å². The molecule has 2 aromatic rings. The SMILES string of the molecule is O=C(NC1(C(=O)N2CCOCC2)CCCCC1)c1cnn2c1N[C@H](c1ccccc1)C[C@@H]2C(F)(F)F. The van der Waals surface area contributed by atoms with Crippen molar-refractivity contribution in [2.24, 2.45) is 0 Å². The standard InChI is InChI=1S/C25H30F3N5O3/c26-25(27,28)20-15-19(17-7-3-1-4-8-17)30-21-18(16-29-33(20)21)22(34)31-24(9-5-2-6-10-24)23(35)32-11-13-36-14-12-32/h1,3-4,7-8,16,19-20,30H,2,5-6,9-15H2,(H,31,34)/t19-,20+/m0/s1. The molecule has 11 heteroatoms. The van der Waals surface area contributed by atoms with E-state index in [1.165, 1.54) is 6.20 Å². The van der Waals surface area contributed by atoms with Crippen molar-refractivity contribution < 1.29 is 27.5 Å². The average molecular weight is 506 g/mol. The molecule has 1 saturated heterocycles. The Morgan fingerprint density at radius 1 is 1.08 bits per heavy atom. The third-order valence-corrected chi connectivity index (χ3v) is 7.45.